The van der Waals surface area contributed by atoms with Crippen molar-refractivity contribution in [3.63, 3.8) is 0 Å². The highest BCUT2D eigenvalue weighted by atomic mass is 35.5. The Kier molecular flexibility index (Phi) is 6.66. The second kappa shape index (κ2) is 9.85. The van der Waals surface area contributed by atoms with E-state index in [0.717, 1.165) is 5.56 Å². The molecule has 1 fully saturated rings. The van der Waals surface area contributed by atoms with Crippen LogP contribution in [0.2, 0.25) is 5.02 Å². The van der Waals surface area contributed by atoms with Gasteiger partial charge in [0.2, 0.25) is 0 Å². The summed E-state index contributed by atoms with van der Waals surface area (Å²) in [5, 5.41) is 5.45. The maximum atomic E-state index is 13.4. The molecule has 3 aromatic rings. The Morgan fingerprint density at radius 1 is 0.971 bits per heavy atom. The molecule has 0 amide bonds. The van der Waals surface area contributed by atoms with E-state index in [1.54, 1.807) is 0 Å². The molecule has 0 bridgehead atoms. The van der Waals surface area contributed by atoms with Crippen LogP contribution in [0, 0.1) is 5.92 Å². The zero-order valence-corrected chi connectivity index (χ0v) is 20.5. The van der Waals surface area contributed by atoms with Crippen LogP contribution >= 0.6 is 23.4 Å². The van der Waals surface area contributed by atoms with Crippen LogP contribution in [-0.4, -0.2) is 23.9 Å². The van der Waals surface area contributed by atoms with Crippen LogP contribution in [0.25, 0.3) is 0 Å². The van der Waals surface area contributed by atoms with Crippen LogP contribution < -0.4 is 0 Å². The maximum Gasteiger partial charge on any atom is 0.319 e. The molecular formula is C28H26ClNO3S. The summed E-state index contributed by atoms with van der Waals surface area (Å²) >= 11 is 8.04. The Hall–Kier alpha value is -2.76. The zero-order chi connectivity index (χ0) is 23.5. The van der Waals surface area contributed by atoms with Crippen molar-refractivity contribution in [1.82, 2.24) is 0 Å². The summed E-state index contributed by atoms with van der Waals surface area (Å²) in [5.74, 6) is -0.911. The molecule has 1 saturated heterocycles. The number of halogens is 1. The van der Waals surface area contributed by atoms with Gasteiger partial charge in [0.05, 0.1) is 6.61 Å². The predicted molar refractivity (Wildman–Crippen MR) is 137 cm³/mol. The van der Waals surface area contributed by atoms with E-state index in [4.69, 9.17) is 21.2 Å². The second-order valence-electron chi connectivity index (χ2n) is 8.67. The molecule has 2 aliphatic rings. The molecule has 5 rings (SSSR count). The average molecular weight is 492 g/mol. The van der Waals surface area contributed by atoms with E-state index >= 15 is 0 Å². The van der Waals surface area contributed by atoms with Crippen LogP contribution in [0.4, 0.5) is 0 Å². The van der Waals surface area contributed by atoms with Crippen molar-refractivity contribution >= 4 is 35.0 Å². The van der Waals surface area contributed by atoms with Crippen LogP contribution in [0.3, 0.4) is 0 Å². The first kappa shape index (κ1) is 23.0. The van der Waals surface area contributed by atoms with Gasteiger partial charge in [-0.25, -0.2) is 0 Å². The molecule has 2 unspecified atom stereocenters. The number of oxime groups is 1. The number of carbonyl (C=O) groups is 1. The van der Waals surface area contributed by atoms with Gasteiger partial charge >= 0.3 is 5.97 Å². The third-order valence-corrected chi connectivity index (χ3v) is 8.31. The lowest BCUT2D eigenvalue weighted by molar-refractivity contribution is -0.156. The number of benzene rings is 3. The van der Waals surface area contributed by atoms with Gasteiger partial charge in [-0.15, -0.1) is 11.8 Å². The number of rotatable bonds is 5. The summed E-state index contributed by atoms with van der Waals surface area (Å²) in [4.78, 5) is 19.7. The number of thioether (sulfide) groups is 1. The molecule has 2 heterocycles. The smallest absolute Gasteiger partial charge is 0.319 e. The van der Waals surface area contributed by atoms with E-state index in [1.165, 1.54) is 11.1 Å². The van der Waals surface area contributed by atoms with Crippen molar-refractivity contribution in [1.29, 1.82) is 0 Å². The SMILES string of the molecule is CCOC(=O)C1C(c2ccc(Cl)cc2)=NOC12C[C@@H](c1ccccc1)S[C@@H](c1ccccc1)C2. The Bertz CT molecular complexity index is 1120. The third kappa shape index (κ3) is 4.47. The number of ether oxygens (including phenoxy) is 1. The normalized spacial score (nSPS) is 26.1. The third-order valence-electron chi connectivity index (χ3n) is 6.52. The lowest BCUT2D eigenvalue weighted by atomic mass is 9.74. The van der Waals surface area contributed by atoms with E-state index in [2.05, 4.69) is 53.7 Å². The molecule has 1 spiro atoms. The summed E-state index contributed by atoms with van der Waals surface area (Å²) < 4.78 is 5.58. The van der Waals surface area contributed by atoms with Gasteiger partial charge in [-0.3, -0.25) is 4.79 Å². The molecule has 6 heteroatoms. The topological polar surface area (TPSA) is 47.9 Å². The molecule has 0 aromatic heterocycles. The van der Waals surface area contributed by atoms with Crippen molar-refractivity contribution < 1.29 is 14.4 Å². The summed E-state index contributed by atoms with van der Waals surface area (Å²) in [6.07, 6.45) is 1.32. The molecule has 0 saturated carbocycles. The van der Waals surface area contributed by atoms with Crippen LogP contribution in [0.5, 0.6) is 0 Å². The van der Waals surface area contributed by atoms with Crippen LogP contribution in [0.1, 0.15) is 47.0 Å². The van der Waals surface area contributed by atoms with E-state index in [-0.39, 0.29) is 16.5 Å². The van der Waals surface area contributed by atoms with E-state index in [0.29, 0.717) is 30.2 Å². The van der Waals surface area contributed by atoms with Gasteiger partial charge in [-0.2, -0.15) is 0 Å². The lowest BCUT2D eigenvalue weighted by Gasteiger charge is -2.42. The fraction of sp³-hybridized carbons (Fsp3) is 0.286. The molecule has 0 N–H and O–H groups in total. The van der Waals surface area contributed by atoms with Gasteiger partial charge in [0.15, 0.2) is 5.60 Å². The van der Waals surface area contributed by atoms with Crippen LogP contribution in [-0.2, 0) is 14.4 Å². The maximum absolute atomic E-state index is 13.4. The fourth-order valence-corrected chi connectivity index (χ4v) is 6.84. The summed E-state index contributed by atoms with van der Waals surface area (Å²) in [6, 6.07) is 28.3. The standard InChI is InChI=1S/C28H26ClNO3S/c1-2-32-27(31)25-26(21-13-15-22(29)16-14-21)30-33-28(25)17-23(19-9-5-3-6-10-19)34-24(18-28)20-11-7-4-8-12-20/h3-16,23-25H,2,17-18H2,1H3/t23-,24+,25?,28?. The van der Waals surface area contributed by atoms with Crippen molar-refractivity contribution in [2.75, 3.05) is 6.61 Å². The van der Waals surface area contributed by atoms with Gasteiger partial charge in [-0.05, 0) is 30.2 Å². The molecule has 2 aliphatic heterocycles. The molecular weight excluding hydrogens is 466 g/mol. The molecule has 4 atom stereocenters. The Morgan fingerprint density at radius 2 is 1.53 bits per heavy atom. The Morgan fingerprint density at radius 3 is 2.06 bits per heavy atom. The largest absolute Gasteiger partial charge is 0.465 e. The van der Waals surface area contributed by atoms with Crippen LogP contribution in [0.15, 0.2) is 90.1 Å². The first-order chi connectivity index (χ1) is 16.6. The Labute approximate surface area is 209 Å². The number of esters is 1. The molecule has 0 radical (unpaired) electrons. The minimum atomic E-state index is -0.798. The van der Waals surface area contributed by atoms with Crippen molar-refractivity contribution in [2.45, 2.75) is 35.9 Å². The average Bonchev–Trinajstić information content (AvgIpc) is 3.23. The summed E-state index contributed by atoms with van der Waals surface area (Å²) in [6.45, 7) is 2.13. The monoisotopic (exact) mass is 491 g/mol. The predicted octanol–water partition coefficient (Wildman–Crippen LogP) is 7.00. The zero-order valence-electron chi connectivity index (χ0n) is 18.9. The minimum Gasteiger partial charge on any atom is -0.465 e. The molecule has 34 heavy (non-hydrogen) atoms. The molecule has 3 aromatic carbocycles. The fourth-order valence-electron chi connectivity index (χ4n) is 4.93. The first-order valence-corrected chi connectivity index (χ1v) is 12.9. The van der Waals surface area contributed by atoms with E-state index in [1.807, 2.05) is 55.1 Å². The highest BCUT2D eigenvalue weighted by Crippen LogP contribution is 2.58. The van der Waals surface area contributed by atoms with E-state index in [9.17, 15) is 4.79 Å². The van der Waals surface area contributed by atoms with Gasteiger partial charge < -0.3 is 9.57 Å². The summed E-state index contributed by atoms with van der Waals surface area (Å²) in [7, 11) is 0. The van der Waals surface area contributed by atoms with Gasteiger partial charge in [0.25, 0.3) is 0 Å². The number of carbonyl (C=O) groups excluding carboxylic acids is 1. The molecule has 174 valence electrons. The minimum absolute atomic E-state index is 0.150. The van der Waals surface area contributed by atoms with Crippen molar-refractivity contribution in [3.05, 3.63) is 107 Å². The van der Waals surface area contributed by atoms with Gasteiger partial charge in [0, 0.05) is 33.9 Å². The highest BCUT2D eigenvalue weighted by molar-refractivity contribution is 7.99. The highest BCUT2D eigenvalue weighted by Gasteiger charge is 2.58. The number of hydrogen-bond donors (Lipinski definition) is 0. The quantitative estimate of drug-likeness (QED) is 0.360. The number of hydrogen-bond acceptors (Lipinski definition) is 5. The van der Waals surface area contributed by atoms with Gasteiger partial charge in [0.1, 0.15) is 11.6 Å². The van der Waals surface area contributed by atoms with Crippen molar-refractivity contribution in [3.8, 4) is 0 Å². The lowest BCUT2D eigenvalue weighted by Crippen LogP contribution is -2.48. The number of nitrogens with zero attached hydrogens (tertiary/aromatic N) is 1. The molecule has 0 aliphatic carbocycles. The Balaban J connectivity index is 1.57. The van der Waals surface area contributed by atoms with Crippen molar-refractivity contribution in [2.24, 2.45) is 11.1 Å². The summed E-state index contributed by atoms with van der Waals surface area (Å²) in [5.41, 5.74) is 3.08. The first-order valence-electron chi connectivity index (χ1n) is 11.5. The van der Waals surface area contributed by atoms with E-state index < -0.39 is 11.5 Å². The second-order valence-corrected chi connectivity index (χ2v) is 10.5. The van der Waals surface area contributed by atoms with Gasteiger partial charge in [-0.1, -0.05) is 89.6 Å². The molecule has 4 nitrogen and oxygen atoms in total.